The molecule has 0 atom stereocenters. The largest absolute Gasteiger partial charge is 0.481 e. The number of carbonyl (C=O) groups is 3. The second-order valence-electron chi connectivity index (χ2n) is 5.78. The average Bonchev–Trinajstić information content (AvgIpc) is 2.62. The minimum atomic E-state index is -1.18. The van der Waals surface area contributed by atoms with Gasteiger partial charge in [0, 0.05) is 18.4 Å². The Kier molecular flexibility index (Phi) is 15.4. The molecule has 0 aliphatic rings. The molecule has 0 aromatic heterocycles. The van der Waals surface area contributed by atoms with E-state index < -0.39 is 43.1 Å². The van der Waals surface area contributed by atoms with Gasteiger partial charge in [-0.3, -0.25) is 9.59 Å². The number of nitrogens with two attached hydrogens (primary N) is 1. The van der Waals surface area contributed by atoms with Crippen LogP contribution in [0.25, 0.3) is 0 Å². The maximum atomic E-state index is 11.0. The van der Waals surface area contributed by atoms with Gasteiger partial charge in [-0.15, -0.1) is 0 Å². The molecule has 10 heteroatoms. The van der Waals surface area contributed by atoms with Crippen molar-refractivity contribution in [3.63, 3.8) is 0 Å². The van der Waals surface area contributed by atoms with E-state index in [1.807, 2.05) is 0 Å². The van der Waals surface area contributed by atoms with Crippen molar-refractivity contribution in [2.45, 2.75) is 39.0 Å². The highest BCUT2D eigenvalue weighted by molar-refractivity contribution is 5.86. The van der Waals surface area contributed by atoms with E-state index in [9.17, 15) is 14.4 Å². The van der Waals surface area contributed by atoms with Gasteiger partial charge in [0.1, 0.15) is 6.61 Å². The van der Waals surface area contributed by atoms with E-state index in [0.717, 1.165) is 0 Å². The number of carboxylic acid groups (broad SMARTS) is 1. The van der Waals surface area contributed by atoms with Crippen LogP contribution in [0.15, 0.2) is 12.2 Å². The molecule has 0 aliphatic carbocycles. The third-order valence-electron chi connectivity index (χ3n) is 3.27. The molecule has 152 valence electrons. The molecule has 26 heavy (non-hydrogen) atoms. The highest BCUT2D eigenvalue weighted by atomic mass is 16.7. The summed E-state index contributed by atoms with van der Waals surface area (Å²) in [5.74, 6) is 2.72. The van der Waals surface area contributed by atoms with E-state index in [-0.39, 0.29) is 25.0 Å². The highest BCUT2D eigenvalue weighted by Gasteiger charge is 2.30. The van der Waals surface area contributed by atoms with E-state index in [1.165, 1.54) is 6.92 Å². The Hall–Kier alpha value is -2.01. The molecule has 0 aliphatic heterocycles. The monoisotopic (exact) mass is 379 g/mol. The number of ether oxygens (including phenoxy) is 1. The Balaban J connectivity index is 0. The van der Waals surface area contributed by atoms with E-state index in [0.29, 0.717) is 19.3 Å². The lowest BCUT2D eigenvalue weighted by atomic mass is 9.93. The summed E-state index contributed by atoms with van der Waals surface area (Å²) >= 11 is 0. The van der Waals surface area contributed by atoms with Gasteiger partial charge in [-0.2, -0.15) is 5.90 Å². The van der Waals surface area contributed by atoms with Crippen LogP contribution in [0.5, 0.6) is 0 Å². The minimum absolute atomic E-state index is 0.150. The van der Waals surface area contributed by atoms with Gasteiger partial charge in [0.05, 0.1) is 25.2 Å². The molecular formula is C16H29NO9. The second kappa shape index (κ2) is 15.3. The van der Waals surface area contributed by atoms with Crippen molar-refractivity contribution in [2.75, 3.05) is 26.4 Å². The lowest BCUT2D eigenvalue weighted by Crippen LogP contribution is -2.39. The van der Waals surface area contributed by atoms with Crippen molar-refractivity contribution < 1.29 is 44.4 Å². The summed E-state index contributed by atoms with van der Waals surface area (Å²) in [6, 6.07) is 0. The first kappa shape index (κ1) is 26.2. The Morgan fingerprint density at radius 1 is 1.00 bits per heavy atom. The van der Waals surface area contributed by atoms with Crippen molar-refractivity contribution in [2.24, 2.45) is 11.3 Å². The van der Waals surface area contributed by atoms with Crippen molar-refractivity contribution in [1.82, 2.24) is 0 Å². The van der Waals surface area contributed by atoms with E-state index in [1.54, 1.807) is 0 Å². The van der Waals surface area contributed by atoms with Crippen LogP contribution in [0.4, 0.5) is 0 Å². The van der Waals surface area contributed by atoms with Crippen molar-refractivity contribution in [1.29, 1.82) is 0 Å². The van der Waals surface area contributed by atoms with Gasteiger partial charge >= 0.3 is 17.9 Å². The molecule has 0 amide bonds. The first-order valence-electron chi connectivity index (χ1n) is 7.94. The van der Waals surface area contributed by atoms with Crippen LogP contribution in [0, 0.1) is 5.41 Å². The predicted molar refractivity (Wildman–Crippen MR) is 90.5 cm³/mol. The summed E-state index contributed by atoms with van der Waals surface area (Å²) in [6.45, 7) is 3.26. The number of esters is 1. The second-order valence-corrected chi connectivity index (χ2v) is 5.78. The van der Waals surface area contributed by atoms with Crippen molar-refractivity contribution >= 4 is 17.9 Å². The number of carbonyl (C=O) groups excluding carboxylic acids is 2. The van der Waals surface area contributed by atoms with Crippen LogP contribution < -0.4 is 5.90 Å². The molecular weight excluding hydrogens is 350 g/mol. The summed E-state index contributed by atoms with van der Waals surface area (Å²) in [4.78, 5) is 35.4. The highest BCUT2D eigenvalue weighted by Crippen LogP contribution is 2.15. The van der Waals surface area contributed by atoms with Crippen LogP contribution in [0.1, 0.15) is 39.0 Å². The standard InChI is InChI=1S/C9H16O5.C7H13NO4/c1-7(2)8(13)14-6-9(3-10,4-11)5-12;8-12-7(11)5-3-1-2-4-6(9)10/h10-12H,1,3-6H2,2H3;1-5,8H2,(H,9,10). The number of rotatable bonds is 12. The van der Waals surface area contributed by atoms with Gasteiger partial charge < -0.3 is 30.0 Å². The first-order chi connectivity index (χ1) is 12.2. The maximum absolute atomic E-state index is 11.0. The molecule has 0 aromatic carbocycles. The summed E-state index contributed by atoms with van der Waals surface area (Å²) in [6.07, 6.45) is 2.34. The predicted octanol–water partition coefficient (Wildman–Crippen LogP) is -0.493. The number of unbranched alkanes of at least 4 members (excludes halogenated alkanes) is 2. The van der Waals surface area contributed by atoms with Gasteiger partial charge in [0.2, 0.25) is 0 Å². The summed E-state index contributed by atoms with van der Waals surface area (Å²) in [5, 5.41) is 34.9. The third-order valence-corrected chi connectivity index (χ3v) is 3.27. The molecule has 0 spiro atoms. The molecule has 0 saturated carbocycles. The van der Waals surface area contributed by atoms with Crippen LogP contribution in [-0.2, 0) is 24.0 Å². The molecule has 6 N–H and O–H groups in total. The average molecular weight is 379 g/mol. The number of carboxylic acids is 1. The number of aliphatic carboxylic acids is 1. The van der Waals surface area contributed by atoms with Gasteiger partial charge in [-0.1, -0.05) is 13.0 Å². The molecule has 0 heterocycles. The molecule has 0 aromatic rings. The molecule has 0 bridgehead atoms. The van der Waals surface area contributed by atoms with Gasteiger partial charge in [-0.05, 0) is 19.8 Å². The Bertz CT molecular complexity index is 439. The first-order valence-corrected chi connectivity index (χ1v) is 7.94. The topological polar surface area (TPSA) is 177 Å². The molecule has 0 unspecified atom stereocenters. The summed E-state index contributed by atoms with van der Waals surface area (Å²) in [5.41, 5.74) is -0.946. The Morgan fingerprint density at radius 2 is 1.50 bits per heavy atom. The maximum Gasteiger partial charge on any atom is 0.333 e. The van der Waals surface area contributed by atoms with Crippen LogP contribution >= 0.6 is 0 Å². The number of hydrogen-bond donors (Lipinski definition) is 5. The zero-order valence-electron chi connectivity index (χ0n) is 15.0. The molecule has 0 rings (SSSR count). The normalized spacial score (nSPS) is 10.3. The van der Waals surface area contributed by atoms with Gasteiger partial charge in [-0.25, -0.2) is 4.79 Å². The van der Waals surface area contributed by atoms with Crippen molar-refractivity contribution in [3.8, 4) is 0 Å². The van der Waals surface area contributed by atoms with Gasteiger partial charge in [0.15, 0.2) is 0 Å². The van der Waals surface area contributed by atoms with Crippen molar-refractivity contribution in [3.05, 3.63) is 12.2 Å². The number of aliphatic hydroxyl groups is 3. The SMILES string of the molecule is C=C(C)C(=O)OCC(CO)(CO)CO.NOC(=O)CCCCCC(=O)O. The van der Waals surface area contributed by atoms with E-state index in [4.69, 9.17) is 25.2 Å². The third kappa shape index (κ3) is 13.3. The zero-order valence-corrected chi connectivity index (χ0v) is 15.0. The molecule has 10 nitrogen and oxygen atoms in total. The molecule has 0 radical (unpaired) electrons. The van der Waals surface area contributed by atoms with Crippen LogP contribution in [0.3, 0.4) is 0 Å². The Labute approximate surface area is 152 Å². The van der Waals surface area contributed by atoms with Crippen LogP contribution in [0.2, 0.25) is 0 Å². The fourth-order valence-electron chi connectivity index (χ4n) is 1.41. The molecule has 0 fully saturated rings. The van der Waals surface area contributed by atoms with E-state index >= 15 is 0 Å². The quantitative estimate of drug-likeness (QED) is 0.129. The lowest BCUT2D eigenvalue weighted by molar-refractivity contribution is -0.147. The van der Waals surface area contributed by atoms with Crippen LogP contribution in [-0.4, -0.2) is 64.8 Å². The Morgan fingerprint density at radius 3 is 1.88 bits per heavy atom. The number of aliphatic hydroxyl groups excluding tert-OH is 3. The number of hydrogen-bond acceptors (Lipinski definition) is 9. The lowest BCUT2D eigenvalue weighted by Gasteiger charge is -2.26. The summed E-state index contributed by atoms with van der Waals surface area (Å²) < 4.78 is 4.72. The fraction of sp³-hybridized carbons (Fsp3) is 0.688. The summed E-state index contributed by atoms with van der Waals surface area (Å²) in [7, 11) is 0. The van der Waals surface area contributed by atoms with Gasteiger partial charge in [0.25, 0.3) is 0 Å². The smallest absolute Gasteiger partial charge is 0.333 e. The van der Waals surface area contributed by atoms with E-state index in [2.05, 4.69) is 17.3 Å². The zero-order chi connectivity index (χ0) is 20.6. The minimum Gasteiger partial charge on any atom is -0.481 e. The fourth-order valence-corrected chi connectivity index (χ4v) is 1.41. The molecule has 0 saturated heterocycles.